The average molecular weight is 343 g/mol. The summed E-state index contributed by atoms with van der Waals surface area (Å²) < 4.78 is 0. The maximum absolute atomic E-state index is 12.7. The van der Waals surface area contributed by atoms with E-state index in [1.807, 2.05) is 31.4 Å². The molecule has 2 rings (SSSR count). The monoisotopic (exact) mass is 342 g/mol. The fourth-order valence-corrected chi connectivity index (χ4v) is 3.12. The second kappa shape index (κ2) is 6.69. The molecule has 21 heavy (non-hydrogen) atoms. The molecule has 0 radical (unpaired) electrons. The fraction of sp³-hybridized carbons (Fsp3) is 0.267. The van der Waals surface area contributed by atoms with Crippen LogP contribution in [0.2, 0.25) is 10.0 Å². The van der Waals surface area contributed by atoms with Crippen molar-refractivity contribution in [2.45, 2.75) is 26.4 Å². The molecule has 0 saturated heterocycles. The van der Waals surface area contributed by atoms with Crippen LogP contribution < -0.4 is 5.73 Å². The lowest BCUT2D eigenvalue weighted by Gasteiger charge is -2.26. The van der Waals surface area contributed by atoms with Gasteiger partial charge in [-0.15, -0.1) is 11.3 Å². The van der Waals surface area contributed by atoms with E-state index >= 15 is 0 Å². The van der Waals surface area contributed by atoms with Gasteiger partial charge in [-0.2, -0.15) is 0 Å². The molecule has 1 aromatic carbocycles. The summed E-state index contributed by atoms with van der Waals surface area (Å²) >= 11 is 13.6. The smallest absolute Gasteiger partial charge is 0.254 e. The van der Waals surface area contributed by atoms with E-state index < -0.39 is 0 Å². The summed E-state index contributed by atoms with van der Waals surface area (Å²) in [6.45, 7) is 4.52. The average Bonchev–Trinajstić information content (AvgIpc) is 2.93. The van der Waals surface area contributed by atoms with Crippen molar-refractivity contribution in [3.05, 3.63) is 50.1 Å². The third-order valence-electron chi connectivity index (χ3n) is 3.12. The van der Waals surface area contributed by atoms with Gasteiger partial charge in [0, 0.05) is 16.5 Å². The van der Waals surface area contributed by atoms with Gasteiger partial charge in [-0.1, -0.05) is 29.3 Å². The van der Waals surface area contributed by atoms with Crippen molar-refractivity contribution in [1.29, 1.82) is 0 Å². The number of nitrogens with two attached hydrogens (primary N) is 1. The molecule has 1 heterocycles. The quantitative estimate of drug-likeness (QED) is 0.819. The van der Waals surface area contributed by atoms with E-state index in [-0.39, 0.29) is 11.9 Å². The number of hydrogen-bond acceptors (Lipinski definition) is 3. The molecule has 3 nitrogen and oxygen atoms in total. The number of benzene rings is 1. The van der Waals surface area contributed by atoms with Gasteiger partial charge in [0.05, 0.1) is 22.3 Å². The summed E-state index contributed by atoms with van der Waals surface area (Å²) in [6, 6.07) is 7.18. The first-order valence-electron chi connectivity index (χ1n) is 6.48. The van der Waals surface area contributed by atoms with Gasteiger partial charge >= 0.3 is 0 Å². The van der Waals surface area contributed by atoms with Crippen LogP contribution in [-0.2, 0) is 6.54 Å². The van der Waals surface area contributed by atoms with Gasteiger partial charge in [0.15, 0.2) is 0 Å². The number of anilines is 1. The second-order valence-corrected chi connectivity index (χ2v) is 6.81. The van der Waals surface area contributed by atoms with Crippen molar-refractivity contribution >= 4 is 46.1 Å². The Labute approximate surface area is 138 Å². The minimum Gasteiger partial charge on any atom is -0.396 e. The Bertz CT molecular complexity index is 618. The number of nitrogens with zero attached hydrogens (tertiary/aromatic N) is 1. The standard InChI is InChI=1S/C15H16Cl2N2OS/c1-9(2)19(8-11-4-3-5-21-11)15(20)10-6-12(16)14(18)13(17)7-10/h3-7,9H,8,18H2,1-2H3. The number of amides is 1. The molecule has 1 amide bonds. The van der Waals surface area contributed by atoms with E-state index in [0.717, 1.165) is 4.88 Å². The molecule has 0 aliphatic carbocycles. The van der Waals surface area contributed by atoms with Crippen LogP contribution in [0, 0.1) is 0 Å². The Morgan fingerprint density at radius 1 is 1.33 bits per heavy atom. The molecule has 0 atom stereocenters. The van der Waals surface area contributed by atoms with Gasteiger partial charge in [-0.25, -0.2) is 0 Å². The number of carbonyl (C=O) groups excluding carboxylic acids is 1. The van der Waals surface area contributed by atoms with Crippen LogP contribution in [0.3, 0.4) is 0 Å². The third kappa shape index (κ3) is 3.70. The van der Waals surface area contributed by atoms with Gasteiger partial charge in [0.1, 0.15) is 0 Å². The van der Waals surface area contributed by atoms with E-state index in [9.17, 15) is 4.79 Å². The molecule has 0 spiro atoms. The van der Waals surface area contributed by atoms with Crippen LogP contribution in [0.5, 0.6) is 0 Å². The summed E-state index contributed by atoms with van der Waals surface area (Å²) in [5.74, 6) is -0.109. The topological polar surface area (TPSA) is 46.3 Å². The highest BCUT2D eigenvalue weighted by atomic mass is 35.5. The first-order chi connectivity index (χ1) is 9.90. The van der Waals surface area contributed by atoms with Crippen molar-refractivity contribution in [3.63, 3.8) is 0 Å². The zero-order valence-electron chi connectivity index (χ0n) is 11.8. The first kappa shape index (κ1) is 16.1. The van der Waals surface area contributed by atoms with Gasteiger partial charge < -0.3 is 10.6 Å². The number of carbonyl (C=O) groups is 1. The lowest BCUT2D eigenvalue weighted by Crippen LogP contribution is -2.36. The number of thiophene rings is 1. The second-order valence-electron chi connectivity index (χ2n) is 4.96. The van der Waals surface area contributed by atoms with Crippen LogP contribution in [-0.4, -0.2) is 16.8 Å². The van der Waals surface area contributed by atoms with Crippen molar-refractivity contribution < 1.29 is 4.79 Å². The van der Waals surface area contributed by atoms with Gasteiger partial charge in [-0.3, -0.25) is 4.79 Å². The predicted molar refractivity (Wildman–Crippen MR) is 90.2 cm³/mol. The SMILES string of the molecule is CC(C)N(Cc1cccs1)C(=O)c1cc(Cl)c(N)c(Cl)c1. The highest BCUT2D eigenvalue weighted by Crippen LogP contribution is 2.30. The van der Waals surface area contributed by atoms with Gasteiger partial charge in [-0.05, 0) is 37.4 Å². The maximum atomic E-state index is 12.7. The summed E-state index contributed by atoms with van der Waals surface area (Å²) in [4.78, 5) is 15.6. The number of halogens is 2. The third-order valence-corrected chi connectivity index (χ3v) is 4.60. The van der Waals surface area contributed by atoms with Gasteiger partial charge in [0.25, 0.3) is 5.91 Å². The van der Waals surface area contributed by atoms with Crippen molar-refractivity contribution in [2.24, 2.45) is 0 Å². The van der Waals surface area contributed by atoms with Crippen LogP contribution >= 0.6 is 34.5 Å². The molecule has 0 unspecified atom stereocenters. The Balaban J connectivity index is 2.30. The largest absolute Gasteiger partial charge is 0.396 e. The first-order valence-corrected chi connectivity index (χ1v) is 8.11. The molecule has 0 aliphatic rings. The molecule has 0 aliphatic heterocycles. The number of rotatable bonds is 4. The van der Waals surface area contributed by atoms with E-state index in [0.29, 0.717) is 27.8 Å². The normalized spacial score (nSPS) is 10.9. The molecule has 2 N–H and O–H groups in total. The maximum Gasteiger partial charge on any atom is 0.254 e. The Kier molecular flexibility index (Phi) is 5.14. The molecule has 112 valence electrons. The summed E-state index contributed by atoms with van der Waals surface area (Å²) in [7, 11) is 0. The van der Waals surface area contributed by atoms with E-state index in [1.54, 1.807) is 28.4 Å². The summed E-state index contributed by atoms with van der Waals surface area (Å²) in [6.07, 6.45) is 0. The van der Waals surface area contributed by atoms with E-state index in [1.165, 1.54) is 0 Å². The molecule has 1 aromatic heterocycles. The highest BCUT2D eigenvalue weighted by Gasteiger charge is 2.21. The lowest BCUT2D eigenvalue weighted by molar-refractivity contribution is 0.0692. The lowest BCUT2D eigenvalue weighted by atomic mass is 10.1. The molecule has 2 aromatic rings. The molecule has 6 heteroatoms. The van der Waals surface area contributed by atoms with Crippen LogP contribution in [0.25, 0.3) is 0 Å². The highest BCUT2D eigenvalue weighted by molar-refractivity contribution is 7.09. The van der Waals surface area contributed by atoms with Crippen molar-refractivity contribution in [1.82, 2.24) is 4.90 Å². The van der Waals surface area contributed by atoms with E-state index in [4.69, 9.17) is 28.9 Å². The minimum absolute atomic E-state index is 0.0645. The molecule has 0 saturated carbocycles. The van der Waals surface area contributed by atoms with E-state index in [2.05, 4.69) is 0 Å². The minimum atomic E-state index is -0.109. The van der Waals surface area contributed by atoms with Crippen LogP contribution in [0.1, 0.15) is 29.1 Å². The molecular formula is C15H16Cl2N2OS. The van der Waals surface area contributed by atoms with Crippen molar-refractivity contribution in [3.8, 4) is 0 Å². The van der Waals surface area contributed by atoms with Gasteiger partial charge in [0.2, 0.25) is 0 Å². The number of nitrogen functional groups attached to an aromatic ring is 1. The predicted octanol–water partition coefficient (Wildman–Crippen LogP) is 4.69. The Morgan fingerprint density at radius 2 is 1.95 bits per heavy atom. The molecule has 0 fully saturated rings. The van der Waals surface area contributed by atoms with Crippen molar-refractivity contribution in [2.75, 3.05) is 5.73 Å². The summed E-state index contributed by atoms with van der Waals surface area (Å²) in [5.41, 5.74) is 6.45. The van der Waals surface area contributed by atoms with Crippen LogP contribution in [0.15, 0.2) is 29.6 Å². The Hall–Kier alpha value is -1.23. The molecule has 0 bridgehead atoms. The summed E-state index contributed by atoms with van der Waals surface area (Å²) in [5, 5.41) is 2.59. The zero-order valence-corrected chi connectivity index (χ0v) is 14.1. The Morgan fingerprint density at radius 3 is 2.43 bits per heavy atom. The molecular weight excluding hydrogens is 327 g/mol. The van der Waals surface area contributed by atoms with Crippen LogP contribution in [0.4, 0.5) is 5.69 Å². The fourth-order valence-electron chi connectivity index (χ4n) is 1.93. The number of hydrogen-bond donors (Lipinski definition) is 1. The zero-order chi connectivity index (χ0) is 15.6.